The van der Waals surface area contributed by atoms with Gasteiger partial charge in [0.2, 0.25) is 0 Å². The first-order chi connectivity index (χ1) is 8.61. The number of thioether (sulfide) groups is 1. The van der Waals surface area contributed by atoms with E-state index in [1.165, 1.54) is 11.8 Å². The summed E-state index contributed by atoms with van der Waals surface area (Å²) in [6, 6.07) is 3.85. The molecule has 1 aliphatic rings. The number of benzene rings is 1. The molecule has 1 aromatic carbocycles. The van der Waals surface area contributed by atoms with Gasteiger partial charge in [-0.05, 0) is 11.6 Å². The third-order valence-electron chi connectivity index (χ3n) is 3.43. The van der Waals surface area contributed by atoms with Gasteiger partial charge in [0.15, 0.2) is 0 Å². The van der Waals surface area contributed by atoms with Crippen LogP contribution in [0.15, 0.2) is 23.2 Å². The minimum Gasteiger partial charge on any atom is -0.497 e. The summed E-state index contributed by atoms with van der Waals surface area (Å²) in [5.74, 6) is -0.0189. The second-order valence-corrected chi connectivity index (χ2v) is 5.64. The van der Waals surface area contributed by atoms with Crippen LogP contribution >= 0.6 is 11.8 Å². The Balaban J connectivity index is 2.23. The van der Waals surface area contributed by atoms with Gasteiger partial charge in [-0.1, -0.05) is 6.92 Å². The molecule has 0 saturated carbocycles. The van der Waals surface area contributed by atoms with Gasteiger partial charge in [-0.15, -0.1) is 11.8 Å². The normalized spacial score (nSPS) is 22.1. The topological polar surface area (TPSA) is 62.3 Å². The number of rotatable bonds is 2. The molecule has 2 heterocycles. The van der Waals surface area contributed by atoms with Crippen molar-refractivity contribution in [2.45, 2.75) is 23.0 Å². The first-order valence-corrected chi connectivity index (χ1v) is 6.58. The Bertz CT molecular complexity index is 634. The summed E-state index contributed by atoms with van der Waals surface area (Å²) in [6.45, 7) is 1.96. The maximum absolute atomic E-state index is 11.3. The van der Waals surface area contributed by atoms with Crippen LogP contribution in [-0.4, -0.2) is 28.4 Å². The summed E-state index contributed by atoms with van der Waals surface area (Å²) in [5.41, 5.74) is 2.08. The van der Waals surface area contributed by atoms with Crippen molar-refractivity contribution in [3.8, 4) is 5.75 Å². The fourth-order valence-electron chi connectivity index (χ4n) is 2.47. The zero-order valence-electron chi connectivity index (χ0n) is 10.1. The molecule has 1 aliphatic heterocycles. The van der Waals surface area contributed by atoms with Crippen molar-refractivity contribution < 1.29 is 14.6 Å². The summed E-state index contributed by atoms with van der Waals surface area (Å²) in [4.78, 5) is 15.5. The van der Waals surface area contributed by atoms with E-state index in [9.17, 15) is 9.90 Å². The van der Waals surface area contributed by atoms with E-state index in [0.717, 1.165) is 27.1 Å². The van der Waals surface area contributed by atoms with Gasteiger partial charge in [0, 0.05) is 28.5 Å². The van der Waals surface area contributed by atoms with Crippen LogP contribution in [0.4, 0.5) is 0 Å². The Kier molecular flexibility index (Phi) is 2.52. The molecule has 2 unspecified atom stereocenters. The average Bonchev–Trinajstić information content (AvgIpc) is 2.78. The molecule has 0 bridgehead atoms. The molecule has 0 aliphatic carbocycles. The summed E-state index contributed by atoms with van der Waals surface area (Å²) in [5, 5.41) is 9.98. The van der Waals surface area contributed by atoms with E-state index in [2.05, 4.69) is 4.98 Å². The largest absolute Gasteiger partial charge is 0.497 e. The number of aromatic amines is 1. The predicted octanol–water partition coefficient (Wildman–Crippen LogP) is 2.84. The molecule has 0 spiro atoms. The third kappa shape index (κ3) is 1.50. The van der Waals surface area contributed by atoms with Crippen LogP contribution in [0.2, 0.25) is 0 Å². The Morgan fingerprint density at radius 1 is 1.50 bits per heavy atom. The molecule has 4 nitrogen and oxygen atoms in total. The summed E-state index contributed by atoms with van der Waals surface area (Å²) >= 11 is 1.40. The fraction of sp³-hybridized carbons (Fsp3) is 0.308. The van der Waals surface area contributed by atoms with Gasteiger partial charge in [-0.3, -0.25) is 4.79 Å². The van der Waals surface area contributed by atoms with Gasteiger partial charge < -0.3 is 14.8 Å². The Labute approximate surface area is 108 Å². The zero-order valence-corrected chi connectivity index (χ0v) is 10.9. The quantitative estimate of drug-likeness (QED) is 0.874. The Morgan fingerprint density at radius 3 is 2.94 bits per heavy atom. The number of hydrogen-bond donors (Lipinski definition) is 2. The molecule has 0 fully saturated rings. The Hall–Kier alpha value is -1.62. The SMILES string of the molecule is COc1cc2c3c(c[nH]c3c1)C(C)C(C(=O)O)S2. The van der Waals surface area contributed by atoms with Crippen molar-refractivity contribution in [1.82, 2.24) is 4.98 Å². The third-order valence-corrected chi connectivity index (χ3v) is 4.86. The number of carbonyl (C=O) groups is 1. The van der Waals surface area contributed by atoms with E-state index in [1.807, 2.05) is 25.3 Å². The van der Waals surface area contributed by atoms with Crippen LogP contribution in [0.25, 0.3) is 10.9 Å². The first-order valence-electron chi connectivity index (χ1n) is 5.70. The van der Waals surface area contributed by atoms with Crippen LogP contribution in [0.3, 0.4) is 0 Å². The number of carboxylic acid groups (broad SMARTS) is 1. The first kappa shape index (κ1) is 11.5. The molecular weight excluding hydrogens is 250 g/mol. The molecule has 2 N–H and O–H groups in total. The van der Waals surface area contributed by atoms with Crippen LogP contribution in [0, 0.1) is 0 Å². The molecule has 5 heteroatoms. The number of hydrogen-bond acceptors (Lipinski definition) is 3. The van der Waals surface area contributed by atoms with E-state index in [4.69, 9.17) is 4.74 Å². The highest BCUT2D eigenvalue weighted by Crippen LogP contribution is 2.47. The van der Waals surface area contributed by atoms with E-state index in [0.29, 0.717) is 0 Å². The highest BCUT2D eigenvalue weighted by Gasteiger charge is 2.34. The van der Waals surface area contributed by atoms with Crippen molar-refractivity contribution in [2.24, 2.45) is 0 Å². The summed E-state index contributed by atoms with van der Waals surface area (Å²) in [7, 11) is 1.61. The van der Waals surface area contributed by atoms with E-state index in [1.54, 1.807) is 7.11 Å². The van der Waals surface area contributed by atoms with Crippen LogP contribution in [0.5, 0.6) is 5.75 Å². The lowest BCUT2D eigenvalue weighted by molar-refractivity contribution is -0.136. The van der Waals surface area contributed by atoms with Crippen molar-refractivity contribution >= 4 is 28.6 Å². The monoisotopic (exact) mass is 263 g/mol. The minimum atomic E-state index is -0.768. The van der Waals surface area contributed by atoms with Crippen molar-refractivity contribution in [2.75, 3.05) is 7.11 Å². The number of H-pyrrole nitrogens is 1. The standard InChI is InChI=1S/C13H13NO3S/c1-6-8-5-14-9-3-7(17-2)4-10(11(8)9)18-12(6)13(15)16/h3-6,12,14H,1-2H3,(H,15,16). The predicted molar refractivity (Wildman–Crippen MR) is 70.5 cm³/mol. The second kappa shape index (κ2) is 3.95. The maximum Gasteiger partial charge on any atom is 0.317 e. The molecule has 94 valence electrons. The molecule has 18 heavy (non-hydrogen) atoms. The highest BCUT2D eigenvalue weighted by atomic mass is 32.2. The average molecular weight is 263 g/mol. The van der Waals surface area contributed by atoms with Crippen molar-refractivity contribution in [3.63, 3.8) is 0 Å². The number of nitrogens with one attached hydrogen (secondary N) is 1. The minimum absolute atomic E-state index is 0.00199. The van der Waals surface area contributed by atoms with Gasteiger partial charge in [0.25, 0.3) is 0 Å². The van der Waals surface area contributed by atoms with E-state index in [-0.39, 0.29) is 5.92 Å². The summed E-state index contributed by atoms with van der Waals surface area (Å²) < 4.78 is 5.24. The maximum atomic E-state index is 11.3. The fourth-order valence-corrected chi connectivity index (χ4v) is 3.72. The molecule has 0 amide bonds. The van der Waals surface area contributed by atoms with Gasteiger partial charge in [-0.25, -0.2) is 0 Å². The van der Waals surface area contributed by atoms with Gasteiger partial charge in [0.05, 0.1) is 12.6 Å². The lowest BCUT2D eigenvalue weighted by Gasteiger charge is -2.25. The molecule has 3 rings (SSSR count). The van der Waals surface area contributed by atoms with Crippen LogP contribution < -0.4 is 4.74 Å². The van der Waals surface area contributed by atoms with E-state index >= 15 is 0 Å². The second-order valence-electron chi connectivity index (χ2n) is 4.46. The molecular formula is C13H13NO3S. The molecule has 1 aromatic heterocycles. The lowest BCUT2D eigenvalue weighted by atomic mass is 9.96. The molecule has 0 radical (unpaired) electrons. The number of methoxy groups -OCH3 is 1. The van der Waals surface area contributed by atoms with Crippen molar-refractivity contribution in [3.05, 3.63) is 23.9 Å². The number of ether oxygens (including phenoxy) is 1. The van der Waals surface area contributed by atoms with Crippen LogP contribution in [-0.2, 0) is 4.79 Å². The summed E-state index contributed by atoms with van der Waals surface area (Å²) in [6.07, 6.45) is 1.91. The van der Waals surface area contributed by atoms with Gasteiger partial charge in [0.1, 0.15) is 11.0 Å². The Morgan fingerprint density at radius 2 is 2.28 bits per heavy atom. The number of aromatic nitrogens is 1. The van der Waals surface area contributed by atoms with Gasteiger partial charge in [-0.2, -0.15) is 0 Å². The van der Waals surface area contributed by atoms with Crippen LogP contribution in [0.1, 0.15) is 18.4 Å². The molecule has 2 aromatic rings. The molecule has 0 saturated heterocycles. The zero-order chi connectivity index (χ0) is 12.9. The number of aliphatic carboxylic acids is 1. The molecule has 2 atom stereocenters. The van der Waals surface area contributed by atoms with Gasteiger partial charge >= 0.3 is 5.97 Å². The highest BCUT2D eigenvalue weighted by molar-refractivity contribution is 8.01. The van der Waals surface area contributed by atoms with E-state index < -0.39 is 11.2 Å². The number of carboxylic acids is 1. The van der Waals surface area contributed by atoms with Crippen molar-refractivity contribution in [1.29, 1.82) is 0 Å². The smallest absolute Gasteiger partial charge is 0.317 e. The lowest BCUT2D eigenvalue weighted by Crippen LogP contribution is -2.25.